The van der Waals surface area contributed by atoms with Gasteiger partial charge in [0.05, 0.1) is 5.92 Å². The molecule has 24 heavy (non-hydrogen) atoms. The second kappa shape index (κ2) is 6.67. The van der Waals surface area contributed by atoms with Gasteiger partial charge in [-0.2, -0.15) is 0 Å². The molecule has 1 aromatic heterocycles. The van der Waals surface area contributed by atoms with Crippen molar-refractivity contribution < 1.29 is 9.59 Å². The number of H-pyrrole nitrogens is 1. The molecule has 1 saturated heterocycles. The minimum atomic E-state index is -0.0977. The molecule has 0 bridgehead atoms. The Bertz CT molecular complexity index is 717. The van der Waals surface area contributed by atoms with Gasteiger partial charge < -0.3 is 14.8 Å². The highest BCUT2D eigenvalue weighted by Crippen LogP contribution is 2.22. The van der Waals surface area contributed by atoms with Crippen LogP contribution in [0.5, 0.6) is 0 Å². The molecule has 1 fully saturated rings. The van der Waals surface area contributed by atoms with Crippen LogP contribution in [0.4, 0.5) is 0 Å². The van der Waals surface area contributed by atoms with Crippen molar-refractivity contribution >= 4 is 22.7 Å². The Balaban J connectivity index is 1.74. The van der Waals surface area contributed by atoms with E-state index in [4.69, 9.17) is 0 Å². The standard InChI is InChI=1S/C19H25N3O2/c1-13(2)21(3)18(23)15-8-6-10-22(12-15)19(24)17-11-14-7-4-5-9-16(14)20-17/h4-5,7,9,11,13,15,20H,6,8,10,12H2,1-3H3. The van der Waals surface area contributed by atoms with Crippen molar-refractivity contribution in [3.05, 3.63) is 36.0 Å². The summed E-state index contributed by atoms with van der Waals surface area (Å²) in [6.07, 6.45) is 1.72. The van der Waals surface area contributed by atoms with Crippen molar-refractivity contribution in [1.82, 2.24) is 14.8 Å². The first-order valence-corrected chi connectivity index (χ1v) is 8.61. The molecule has 0 saturated carbocycles. The van der Waals surface area contributed by atoms with E-state index < -0.39 is 0 Å². The molecule has 3 rings (SSSR count). The largest absolute Gasteiger partial charge is 0.351 e. The van der Waals surface area contributed by atoms with Crippen LogP contribution < -0.4 is 0 Å². The zero-order valence-corrected chi connectivity index (χ0v) is 14.6. The number of likely N-dealkylation sites (tertiary alicyclic amines) is 1. The van der Waals surface area contributed by atoms with Crippen molar-refractivity contribution in [1.29, 1.82) is 0 Å². The van der Waals surface area contributed by atoms with Crippen LogP contribution >= 0.6 is 0 Å². The number of hydrogen-bond acceptors (Lipinski definition) is 2. The lowest BCUT2D eigenvalue weighted by Crippen LogP contribution is -2.47. The third-order valence-electron chi connectivity index (χ3n) is 4.94. The van der Waals surface area contributed by atoms with E-state index >= 15 is 0 Å². The zero-order valence-electron chi connectivity index (χ0n) is 14.6. The number of nitrogens with one attached hydrogen (secondary N) is 1. The molecule has 2 aromatic rings. The van der Waals surface area contributed by atoms with Gasteiger partial charge in [-0.25, -0.2) is 0 Å². The van der Waals surface area contributed by atoms with Crippen LogP contribution in [0.25, 0.3) is 10.9 Å². The summed E-state index contributed by atoms with van der Waals surface area (Å²) in [6.45, 7) is 5.23. The number of nitrogens with zero attached hydrogens (tertiary/aromatic N) is 2. The molecule has 1 aliphatic heterocycles. The summed E-state index contributed by atoms with van der Waals surface area (Å²) in [4.78, 5) is 32.2. The molecule has 1 N–H and O–H groups in total. The van der Waals surface area contributed by atoms with Crippen LogP contribution in [0, 0.1) is 5.92 Å². The zero-order chi connectivity index (χ0) is 17.3. The highest BCUT2D eigenvalue weighted by atomic mass is 16.2. The van der Waals surface area contributed by atoms with Crippen LogP contribution in [0.1, 0.15) is 37.2 Å². The summed E-state index contributed by atoms with van der Waals surface area (Å²) in [5.41, 5.74) is 1.56. The molecule has 0 spiro atoms. The first kappa shape index (κ1) is 16.6. The van der Waals surface area contributed by atoms with Crippen molar-refractivity contribution in [2.75, 3.05) is 20.1 Å². The molecule has 5 nitrogen and oxygen atoms in total. The molecular weight excluding hydrogens is 302 g/mol. The Hall–Kier alpha value is -2.30. The fourth-order valence-electron chi connectivity index (χ4n) is 3.26. The van der Waals surface area contributed by atoms with Gasteiger partial charge in [0.2, 0.25) is 5.91 Å². The summed E-state index contributed by atoms with van der Waals surface area (Å²) >= 11 is 0. The maximum Gasteiger partial charge on any atom is 0.270 e. The second-order valence-corrected chi connectivity index (χ2v) is 6.90. The molecule has 0 radical (unpaired) electrons. The van der Waals surface area contributed by atoms with Crippen molar-refractivity contribution in [2.45, 2.75) is 32.7 Å². The number of para-hydroxylation sites is 1. The molecular formula is C19H25N3O2. The van der Waals surface area contributed by atoms with E-state index in [-0.39, 0.29) is 23.8 Å². The number of amides is 2. The van der Waals surface area contributed by atoms with E-state index in [0.717, 1.165) is 23.7 Å². The van der Waals surface area contributed by atoms with Gasteiger partial charge in [0.15, 0.2) is 0 Å². The summed E-state index contributed by atoms with van der Waals surface area (Å²) in [5.74, 6) is 0.0227. The van der Waals surface area contributed by atoms with Crippen LogP contribution in [-0.2, 0) is 4.79 Å². The Morgan fingerprint density at radius 1 is 1.29 bits per heavy atom. The van der Waals surface area contributed by atoms with E-state index in [1.54, 1.807) is 4.90 Å². The molecule has 1 atom stereocenters. The van der Waals surface area contributed by atoms with E-state index in [9.17, 15) is 9.59 Å². The van der Waals surface area contributed by atoms with E-state index in [1.165, 1.54) is 0 Å². The highest BCUT2D eigenvalue weighted by Gasteiger charge is 2.31. The van der Waals surface area contributed by atoms with E-state index in [1.807, 2.05) is 56.1 Å². The molecule has 1 unspecified atom stereocenters. The predicted molar refractivity (Wildman–Crippen MR) is 94.8 cm³/mol. The normalized spacial score (nSPS) is 18.2. The van der Waals surface area contributed by atoms with Crippen molar-refractivity contribution in [2.24, 2.45) is 5.92 Å². The minimum Gasteiger partial charge on any atom is -0.351 e. The number of carbonyl (C=O) groups is 2. The number of aromatic amines is 1. The Morgan fingerprint density at radius 2 is 2.04 bits per heavy atom. The fraction of sp³-hybridized carbons (Fsp3) is 0.474. The molecule has 1 aliphatic rings. The Kier molecular flexibility index (Phi) is 4.60. The summed E-state index contributed by atoms with van der Waals surface area (Å²) < 4.78 is 0. The third-order valence-corrected chi connectivity index (χ3v) is 4.94. The van der Waals surface area contributed by atoms with Crippen LogP contribution in [-0.4, -0.2) is 52.8 Å². The Morgan fingerprint density at radius 3 is 2.75 bits per heavy atom. The van der Waals surface area contributed by atoms with Crippen LogP contribution in [0.3, 0.4) is 0 Å². The van der Waals surface area contributed by atoms with Gasteiger partial charge in [0.1, 0.15) is 5.69 Å². The smallest absolute Gasteiger partial charge is 0.270 e. The first-order valence-electron chi connectivity index (χ1n) is 8.61. The Labute approximate surface area is 142 Å². The van der Waals surface area contributed by atoms with Crippen LogP contribution in [0.15, 0.2) is 30.3 Å². The third kappa shape index (κ3) is 3.16. The lowest BCUT2D eigenvalue weighted by Gasteiger charge is -2.34. The second-order valence-electron chi connectivity index (χ2n) is 6.90. The SMILES string of the molecule is CC(C)N(C)C(=O)C1CCCN(C(=O)c2cc3ccccc3[nH]2)C1. The molecule has 1 aromatic carbocycles. The number of fused-ring (bicyclic) bond motifs is 1. The van der Waals surface area contributed by atoms with E-state index in [0.29, 0.717) is 18.8 Å². The molecule has 0 aliphatic carbocycles. The number of rotatable bonds is 3. The average Bonchev–Trinajstić information content (AvgIpc) is 3.03. The lowest BCUT2D eigenvalue weighted by molar-refractivity contribution is -0.137. The van der Waals surface area contributed by atoms with Crippen LogP contribution in [0.2, 0.25) is 0 Å². The van der Waals surface area contributed by atoms with Gasteiger partial charge in [0, 0.05) is 37.1 Å². The maximum atomic E-state index is 12.8. The molecule has 5 heteroatoms. The van der Waals surface area contributed by atoms with Gasteiger partial charge in [-0.15, -0.1) is 0 Å². The summed E-state index contributed by atoms with van der Waals surface area (Å²) in [7, 11) is 1.84. The number of benzene rings is 1. The number of carbonyl (C=O) groups excluding carboxylic acids is 2. The number of hydrogen-bond donors (Lipinski definition) is 1. The van der Waals surface area contributed by atoms with E-state index in [2.05, 4.69) is 4.98 Å². The molecule has 2 heterocycles. The average molecular weight is 327 g/mol. The molecule has 2 amide bonds. The van der Waals surface area contributed by atoms with Crippen molar-refractivity contribution in [3.63, 3.8) is 0 Å². The predicted octanol–water partition coefficient (Wildman–Crippen LogP) is 2.89. The first-order chi connectivity index (χ1) is 11.5. The van der Waals surface area contributed by atoms with Gasteiger partial charge in [0.25, 0.3) is 5.91 Å². The number of aromatic nitrogens is 1. The van der Waals surface area contributed by atoms with Gasteiger partial charge in [-0.05, 0) is 38.8 Å². The number of piperidine rings is 1. The topological polar surface area (TPSA) is 56.4 Å². The van der Waals surface area contributed by atoms with Crippen molar-refractivity contribution in [3.8, 4) is 0 Å². The van der Waals surface area contributed by atoms with Gasteiger partial charge in [-0.3, -0.25) is 9.59 Å². The minimum absolute atomic E-state index is 0.0177. The summed E-state index contributed by atoms with van der Waals surface area (Å²) in [5, 5.41) is 1.03. The quantitative estimate of drug-likeness (QED) is 0.942. The monoisotopic (exact) mass is 327 g/mol. The van der Waals surface area contributed by atoms with Gasteiger partial charge in [-0.1, -0.05) is 18.2 Å². The highest BCUT2D eigenvalue weighted by molar-refractivity contribution is 5.98. The fourth-order valence-corrected chi connectivity index (χ4v) is 3.26. The van der Waals surface area contributed by atoms with Gasteiger partial charge >= 0.3 is 0 Å². The molecule has 128 valence electrons. The summed E-state index contributed by atoms with van der Waals surface area (Å²) in [6, 6.07) is 9.93. The maximum absolute atomic E-state index is 12.8. The lowest BCUT2D eigenvalue weighted by atomic mass is 9.96.